The van der Waals surface area contributed by atoms with Crippen molar-refractivity contribution in [2.24, 2.45) is 7.05 Å². The Kier molecular flexibility index (Phi) is 1.94. The first-order chi connectivity index (χ1) is 5.16. The molecule has 1 rings (SSSR count). The van der Waals surface area contributed by atoms with Crippen LogP contribution in [0.15, 0.2) is 6.33 Å². The standard InChI is InChI=1S/C7H10N2O2/c1-5-6(7(10)11-3)9(2)4-8-5/h4H,1-3H3/p+1. The van der Waals surface area contributed by atoms with Gasteiger partial charge in [0.05, 0.1) is 14.2 Å². The van der Waals surface area contributed by atoms with Crippen LogP contribution < -0.4 is 4.57 Å². The van der Waals surface area contributed by atoms with Crippen LogP contribution in [0.25, 0.3) is 0 Å². The summed E-state index contributed by atoms with van der Waals surface area (Å²) >= 11 is 0. The van der Waals surface area contributed by atoms with Gasteiger partial charge in [-0.05, 0) is 0 Å². The zero-order valence-corrected chi connectivity index (χ0v) is 6.84. The van der Waals surface area contributed by atoms with Gasteiger partial charge in [0.2, 0.25) is 6.33 Å². The van der Waals surface area contributed by atoms with Gasteiger partial charge < -0.3 is 4.74 Å². The van der Waals surface area contributed by atoms with E-state index in [4.69, 9.17) is 0 Å². The summed E-state index contributed by atoms with van der Waals surface area (Å²) < 4.78 is 6.27. The number of methoxy groups -OCH3 is 1. The number of hydrogen-bond acceptors (Lipinski definition) is 2. The molecule has 0 aliphatic rings. The largest absolute Gasteiger partial charge is 0.463 e. The summed E-state index contributed by atoms with van der Waals surface area (Å²) in [7, 11) is 3.16. The molecule has 1 heterocycles. The predicted molar refractivity (Wildman–Crippen MR) is 38.0 cm³/mol. The number of imidazole rings is 1. The summed E-state index contributed by atoms with van der Waals surface area (Å²) in [5.74, 6) is -0.314. The second kappa shape index (κ2) is 2.74. The summed E-state index contributed by atoms with van der Waals surface area (Å²) in [6.07, 6.45) is 1.71. The van der Waals surface area contributed by atoms with Gasteiger partial charge in [-0.2, -0.15) is 0 Å². The number of carbonyl (C=O) groups is 1. The van der Waals surface area contributed by atoms with E-state index < -0.39 is 0 Å². The van der Waals surface area contributed by atoms with Crippen LogP contribution >= 0.6 is 0 Å². The molecule has 1 N–H and O–H groups in total. The molecular weight excluding hydrogens is 144 g/mol. The van der Waals surface area contributed by atoms with Crippen LogP contribution in [0, 0.1) is 6.92 Å². The van der Waals surface area contributed by atoms with E-state index in [-0.39, 0.29) is 5.97 Å². The Morgan fingerprint density at radius 3 is 2.73 bits per heavy atom. The van der Waals surface area contributed by atoms with Gasteiger partial charge in [0.1, 0.15) is 0 Å². The molecule has 0 atom stereocenters. The quantitative estimate of drug-likeness (QED) is 0.456. The third-order valence-electron chi connectivity index (χ3n) is 1.56. The van der Waals surface area contributed by atoms with Crippen molar-refractivity contribution < 1.29 is 14.1 Å². The lowest BCUT2D eigenvalue weighted by molar-refractivity contribution is -0.672. The minimum atomic E-state index is -0.314. The Bertz CT molecular complexity index is 258. The first-order valence-corrected chi connectivity index (χ1v) is 3.28. The average molecular weight is 155 g/mol. The van der Waals surface area contributed by atoms with E-state index in [0.29, 0.717) is 5.69 Å². The maximum absolute atomic E-state index is 11.1. The van der Waals surface area contributed by atoms with Gasteiger partial charge in [0.15, 0.2) is 5.69 Å². The van der Waals surface area contributed by atoms with E-state index in [1.165, 1.54) is 7.11 Å². The van der Waals surface area contributed by atoms with Gasteiger partial charge in [-0.15, -0.1) is 0 Å². The second-order valence-corrected chi connectivity index (χ2v) is 2.35. The third-order valence-corrected chi connectivity index (χ3v) is 1.56. The smallest absolute Gasteiger partial charge is 0.382 e. The number of aromatic amines is 1. The molecule has 0 aromatic carbocycles. The molecule has 0 aliphatic heterocycles. The highest BCUT2D eigenvalue weighted by atomic mass is 16.5. The highest BCUT2D eigenvalue weighted by Gasteiger charge is 2.20. The molecular formula is C7H11N2O2+. The van der Waals surface area contributed by atoms with Crippen LogP contribution in [0.4, 0.5) is 0 Å². The lowest BCUT2D eigenvalue weighted by Crippen LogP contribution is -2.33. The van der Waals surface area contributed by atoms with E-state index in [1.807, 2.05) is 6.92 Å². The topological polar surface area (TPSA) is 46.0 Å². The SMILES string of the molecule is COC(=O)c1c(C)[nH]c[n+]1C. The van der Waals surface area contributed by atoms with Gasteiger partial charge >= 0.3 is 5.97 Å². The molecule has 0 spiro atoms. The second-order valence-electron chi connectivity index (χ2n) is 2.35. The number of rotatable bonds is 1. The molecule has 0 radical (unpaired) electrons. The lowest BCUT2D eigenvalue weighted by atomic mass is 10.3. The molecule has 4 nitrogen and oxygen atoms in total. The fourth-order valence-corrected chi connectivity index (χ4v) is 0.985. The number of aryl methyl sites for hydroxylation is 2. The summed E-state index contributed by atoms with van der Waals surface area (Å²) in [6, 6.07) is 0. The first kappa shape index (κ1) is 7.78. The molecule has 0 bridgehead atoms. The van der Waals surface area contributed by atoms with Crippen LogP contribution in [0.1, 0.15) is 16.2 Å². The third kappa shape index (κ3) is 1.24. The maximum atomic E-state index is 11.1. The summed E-state index contributed by atoms with van der Waals surface area (Å²) in [5.41, 5.74) is 1.38. The Morgan fingerprint density at radius 2 is 2.36 bits per heavy atom. The van der Waals surface area contributed by atoms with Crippen molar-refractivity contribution in [3.8, 4) is 0 Å². The van der Waals surface area contributed by atoms with E-state index in [1.54, 1.807) is 17.9 Å². The van der Waals surface area contributed by atoms with E-state index in [0.717, 1.165) is 5.69 Å². The molecule has 0 aliphatic carbocycles. The highest BCUT2D eigenvalue weighted by molar-refractivity contribution is 5.86. The Hall–Kier alpha value is -1.32. The molecule has 1 aromatic heterocycles. The van der Waals surface area contributed by atoms with Crippen LogP contribution in [0.5, 0.6) is 0 Å². The molecule has 0 saturated carbocycles. The van der Waals surface area contributed by atoms with Crippen molar-refractivity contribution in [3.05, 3.63) is 17.7 Å². The Morgan fingerprint density at radius 1 is 1.73 bits per heavy atom. The molecule has 1 aromatic rings. The normalized spacial score (nSPS) is 9.73. The summed E-state index contributed by atoms with van der Waals surface area (Å²) in [6.45, 7) is 1.83. The number of ether oxygens (including phenoxy) is 1. The van der Waals surface area contributed by atoms with Crippen LogP contribution in [0.2, 0.25) is 0 Å². The van der Waals surface area contributed by atoms with Crippen LogP contribution in [-0.4, -0.2) is 18.1 Å². The zero-order chi connectivity index (χ0) is 8.43. The van der Waals surface area contributed by atoms with Gasteiger partial charge in [-0.3, -0.25) is 0 Å². The number of hydrogen-bond donors (Lipinski definition) is 1. The number of esters is 1. The molecule has 0 saturated heterocycles. The van der Waals surface area contributed by atoms with E-state index in [2.05, 4.69) is 9.72 Å². The van der Waals surface area contributed by atoms with Gasteiger partial charge in [0.25, 0.3) is 5.69 Å². The lowest BCUT2D eigenvalue weighted by Gasteiger charge is -1.93. The molecule has 60 valence electrons. The zero-order valence-electron chi connectivity index (χ0n) is 6.84. The maximum Gasteiger partial charge on any atom is 0.382 e. The first-order valence-electron chi connectivity index (χ1n) is 3.28. The molecule has 0 unspecified atom stereocenters. The molecule has 0 fully saturated rings. The van der Waals surface area contributed by atoms with Gasteiger partial charge in [-0.25, -0.2) is 14.3 Å². The number of nitrogens with one attached hydrogen (secondary N) is 1. The minimum Gasteiger partial charge on any atom is -0.463 e. The van der Waals surface area contributed by atoms with Crippen molar-refractivity contribution >= 4 is 5.97 Å². The number of H-pyrrole nitrogens is 1. The minimum absolute atomic E-state index is 0.314. The Balaban J connectivity index is 3.10. The van der Waals surface area contributed by atoms with Crippen molar-refractivity contribution in [2.75, 3.05) is 7.11 Å². The van der Waals surface area contributed by atoms with E-state index in [9.17, 15) is 4.79 Å². The summed E-state index contributed by atoms with van der Waals surface area (Å²) in [4.78, 5) is 14.0. The molecule has 0 amide bonds. The highest BCUT2D eigenvalue weighted by Crippen LogP contribution is 1.98. The van der Waals surface area contributed by atoms with Crippen LogP contribution in [-0.2, 0) is 11.8 Å². The number of nitrogens with zero attached hydrogens (tertiary/aromatic N) is 1. The molecule has 11 heavy (non-hydrogen) atoms. The number of carbonyl (C=O) groups excluding carboxylic acids is 1. The molecule has 4 heteroatoms. The Labute approximate surface area is 64.8 Å². The van der Waals surface area contributed by atoms with Crippen LogP contribution in [0.3, 0.4) is 0 Å². The van der Waals surface area contributed by atoms with Crippen molar-refractivity contribution in [3.63, 3.8) is 0 Å². The summed E-state index contributed by atoms with van der Waals surface area (Å²) in [5, 5.41) is 0. The van der Waals surface area contributed by atoms with Crippen molar-refractivity contribution in [2.45, 2.75) is 6.92 Å². The fourth-order valence-electron chi connectivity index (χ4n) is 0.985. The van der Waals surface area contributed by atoms with Crippen molar-refractivity contribution in [1.82, 2.24) is 4.98 Å². The number of aromatic nitrogens is 2. The monoisotopic (exact) mass is 155 g/mol. The predicted octanol–water partition coefficient (Wildman–Crippen LogP) is -0.0658. The van der Waals surface area contributed by atoms with E-state index >= 15 is 0 Å². The fraction of sp³-hybridized carbons (Fsp3) is 0.429. The average Bonchev–Trinajstić information content (AvgIpc) is 2.30. The van der Waals surface area contributed by atoms with Crippen molar-refractivity contribution in [1.29, 1.82) is 0 Å². The van der Waals surface area contributed by atoms with Gasteiger partial charge in [-0.1, -0.05) is 0 Å². The van der Waals surface area contributed by atoms with Gasteiger partial charge in [0, 0.05) is 6.92 Å².